The zero-order chi connectivity index (χ0) is 49.1. The third-order valence-electron chi connectivity index (χ3n) is 8.98. The van der Waals surface area contributed by atoms with Gasteiger partial charge in [0.15, 0.2) is 0 Å². The van der Waals surface area contributed by atoms with Gasteiger partial charge >= 0.3 is 6.03 Å². The number of nitrogens with one attached hydrogen (secondary N) is 4. The maximum atomic E-state index is 13.4. The van der Waals surface area contributed by atoms with E-state index in [1.165, 1.54) is 36.4 Å². The Morgan fingerprint density at radius 2 is 0.821 bits per heavy atom. The summed E-state index contributed by atoms with van der Waals surface area (Å²) in [4.78, 5) is 32.0. The average Bonchev–Trinajstić information content (AvgIpc) is 3.17. The van der Waals surface area contributed by atoms with Crippen LogP contribution in [0.15, 0.2) is 126 Å². The van der Waals surface area contributed by atoms with Gasteiger partial charge in [-0.3, -0.25) is 36.9 Å². The first-order valence-corrected chi connectivity index (χ1v) is 25.9. The van der Waals surface area contributed by atoms with E-state index in [1.807, 2.05) is 0 Å². The number of carbonyl (C=O) groups excluding carboxylic acids is 3. The summed E-state index contributed by atoms with van der Waals surface area (Å²) in [6.45, 7) is 0. The molecule has 0 spiro atoms. The van der Waals surface area contributed by atoms with Crippen LogP contribution in [0.3, 0.4) is 0 Å². The zero-order valence-corrected chi connectivity index (χ0v) is 39.9. The van der Waals surface area contributed by atoms with Crippen LogP contribution < -0.4 is 21.3 Å². The van der Waals surface area contributed by atoms with E-state index in [4.69, 9.17) is 0 Å². The Kier molecular flexibility index (Phi) is 14.5. The molecule has 0 bridgehead atoms. The van der Waals surface area contributed by atoms with Crippen molar-refractivity contribution in [3.63, 3.8) is 0 Å². The largest absolute Gasteiger partial charge is 0.323 e. The van der Waals surface area contributed by atoms with Crippen molar-refractivity contribution >= 4 is 152 Å². The molecule has 10 N–H and O–H groups in total. The Bertz CT molecular complexity index is 3720. The summed E-state index contributed by atoms with van der Waals surface area (Å²) in [6, 6.07) is 13.8. The van der Waals surface area contributed by atoms with Gasteiger partial charge in [0.2, 0.25) is 0 Å². The van der Waals surface area contributed by atoms with Crippen LogP contribution in [0.5, 0.6) is 0 Å². The van der Waals surface area contributed by atoms with Crippen molar-refractivity contribution in [1.82, 2.24) is 0 Å². The van der Waals surface area contributed by atoms with Gasteiger partial charge in [-0.1, -0.05) is 24.3 Å². The van der Waals surface area contributed by atoms with Gasteiger partial charge in [-0.25, -0.2) is 4.79 Å². The minimum Gasteiger partial charge on any atom is -0.321 e. The van der Waals surface area contributed by atoms with Gasteiger partial charge in [-0.2, -0.15) is 50.5 Å². The van der Waals surface area contributed by atoms with Crippen LogP contribution in [0.2, 0.25) is 0 Å². The monoisotopic (exact) mass is 1050 g/mol. The van der Waals surface area contributed by atoms with Crippen LogP contribution in [-0.4, -0.2) is 125 Å². The molecule has 0 aliphatic heterocycles. The fourth-order valence-corrected chi connectivity index (χ4v) is 11.3. The van der Waals surface area contributed by atoms with Gasteiger partial charge < -0.3 is 21.3 Å². The number of hydrogen-bond donors (Lipinski definition) is 10. The maximum Gasteiger partial charge on any atom is 0.323 e. The van der Waals surface area contributed by atoms with Gasteiger partial charge in [0.25, 0.3) is 72.5 Å². The Morgan fingerprint density at radius 3 is 1.27 bits per heavy atom. The molecule has 6 aromatic carbocycles. The first kappa shape index (κ1) is 52.5. The number of amides is 4. The third kappa shape index (κ3) is 11.6. The molecule has 67 heavy (non-hydrogen) atoms. The van der Waals surface area contributed by atoms with Crippen molar-refractivity contribution in [3.05, 3.63) is 108 Å². The van der Waals surface area contributed by atoms with Crippen LogP contribution in [0.4, 0.5) is 27.5 Å². The molecule has 0 fully saturated rings. The van der Waals surface area contributed by atoms with Crippen molar-refractivity contribution in [3.8, 4) is 0 Å². The van der Waals surface area contributed by atoms with Crippen LogP contribution in [-0.2, 0) is 60.7 Å². The Morgan fingerprint density at radius 1 is 0.388 bits per heavy atom. The SMILES string of the molecule is O=C(Nc1cccc(C(=O)Nc2ccc(S(=O)(=O)O)c3cc(S(=O)(=O)O)cc(S(=O)(=O)O)c23)c1)Nc1cccc(C(=O)Nc2cccc3c(S(=O)(=O)O)c(S(=O)(=O)O)cc(S(=O)(=O)O)c23)c1.[Na]. The first-order chi connectivity index (χ1) is 30.2. The topological polar surface area (TPSA) is 426 Å². The van der Waals surface area contributed by atoms with Crippen molar-refractivity contribution in [2.24, 2.45) is 0 Å². The van der Waals surface area contributed by atoms with Gasteiger partial charge in [0.1, 0.15) is 24.5 Å². The summed E-state index contributed by atoms with van der Waals surface area (Å²) in [5.41, 5.74) is -1.78. The normalized spacial score (nSPS) is 12.5. The molecule has 0 heterocycles. The summed E-state index contributed by atoms with van der Waals surface area (Å²) < 4.78 is 205. The summed E-state index contributed by atoms with van der Waals surface area (Å²) in [5.74, 6) is -2.14. The molecule has 0 saturated carbocycles. The summed E-state index contributed by atoms with van der Waals surface area (Å²) in [5, 5.41) is 5.95. The molecule has 0 aromatic heterocycles. The van der Waals surface area contributed by atoms with Gasteiger partial charge in [-0.05, 0) is 72.8 Å². The van der Waals surface area contributed by atoms with Crippen molar-refractivity contribution in [2.45, 2.75) is 29.4 Å². The second kappa shape index (κ2) is 18.5. The van der Waals surface area contributed by atoms with Crippen LogP contribution in [0.1, 0.15) is 20.7 Å². The molecule has 6 rings (SSSR count). The quantitative estimate of drug-likeness (QED) is 0.0621. The Hall–Kier alpha value is -5.49. The van der Waals surface area contributed by atoms with Gasteiger partial charge in [-0.15, -0.1) is 0 Å². The molecular weight excluding hydrogens is 1030 g/mol. The fraction of sp³-hybridized carbons (Fsp3) is 0. The predicted octanol–water partition coefficient (Wildman–Crippen LogP) is 3.24. The average molecular weight is 1050 g/mol. The molecule has 349 valence electrons. The fourth-order valence-electron chi connectivity index (χ4n) is 6.40. The number of hydrogen-bond acceptors (Lipinski definition) is 15. The van der Waals surface area contributed by atoms with Crippen LogP contribution >= 0.6 is 0 Å². The molecule has 0 unspecified atom stereocenters. The Balaban J connectivity index is 0.00000840. The van der Waals surface area contributed by atoms with Gasteiger partial charge in [0.05, 0.1) is 16.3 Å². The van der Waals surface area contributed by atoms with E-state index in [2.05, 4.69) is 21.3 Å². The number of benzene rings is 6. The summed E-state index contributed by atoms with van der Waals surface area (Å²) in [6.07, 6.45) is 0. The van der Waals surface area contributed by atoms with Crippen LogP contribution in [0, 0.1) is 0 Å². The maximum absolute atomic E-state index is 13.4. The second-order valence-electron chi connectivity index (χ2n) is 13.4. The Labute approximate surface area is 400 Å². The van der Waals surface area contributed by atoms with E-state index in [-0.39, 0.29) is 64.2 Å². The molecule has 0 atom stereocenters. The molecular formula is C35H26N4NaO21S6. The number of rotatable bonds is 12. The zero-order valence-electron chi connectivity index (χ0n) is 33.0. The number of fused-ring (bicyclic) bond motifs is 2. The molecule has 0 aliphatic rings. The molecule has 0 saturated heterocycles. The third-order valence-corrected chi connectivity index (χ3v) is 14.4. The first-order valence-electron chi connectivity index (χ1n) is 17.2. The molecule has 25 nitrogen and oxygen atoms in total. The molecule has 6 aromatic rings. The number of urea groups is 1. The summed E-state index contributed by atoms with van der Waals surface area (Å²) >= 11 is 0. The number of anilines is 4. The molecule has 4 amide bonds. The second-order valence-corrected chi connectivity index (χ2v) is 21.7. The number of carbonyl (C=O) groups is 3. The van der Waals surface area contributed by atoms with Crippen molar-refractivity contribution < 1.29 is 92.2 Å². The van der Waals surface area contributed by atoms with Crippen LogP contribution in [0.25, 0.3) is 21.5 Å². The van der Waals surface area contributed by atoms with E-state index in [0.29, 0.717) is 12.1 Å². The smallest absolute Gasteiger partial charge is 0.321 e. The minimum absolute atomic E-state index is 0. The van der Waals surface area contributed by atoms with E-state index >= 15 is 0 Å². The molecule has 1 radical (unpaired) electrons. The molecule has 32 heteroatoms. The van der Waals surface area contributed by atoms with E-state index < -0.39 is 141 Å². The molecule has 0 aliphatic carbocycles. The van der Waals surface area contributed by atoms with E-state index in [0.717, 1.165) is 36.4 Å². The van der Waals surface area contributed by atoms with Gasteiger partial charge in [0, 0.05) is 73.6 Å². The summed E-state index contributed by atoms with van der Waals surface area (Å²) in [7, 11) is -32.5. The minimum atomic E-state index is -5.57. The predicted molar refractivity (Wildman–Crippen MR) is 234 cm³/mol. The van der Waals surface area contributed by atoms with E-state index in [9.17, 15) is 92.2 Å². The van der Waals surface area contributed by atoms with Crippen molar-refractivity contribution in [1.29, 1.82) is 0 Å². The van der Waals surface area contributed by atoms with E-state index in [1.54, 1.807) is 0 Å². The van der Waals surface area contributed by atoms with Crippen molar-refractivity contribution in [2.75, 3.05) is 21.3 Å². The standard InChI is InChI=1S/C35H26N4O21S6.Na/c40-33(38-24-9-3-8-22-30(24)28(64(52,53)54)16-29(65(55,56)57)32(22)66(58,59)60)17-4-1-6-19(12-17)36-35(42)37-20-7-2-5-18(13-20)34(41)39-25-10-11-26(62(46,47)48)23-14-21(61(43,44)45)15-27(31(23)25)63(49,50)51;/h1-16H,(H,38,40)(H,39,41)(H2,36,37,42)(H,43,44,45)(H,46,47,48)(H,49,50,51)(H,52,53,54)(H,55,56,57)(H,58,59,60);.